The summed E-state index contributed by atoms with van der Waals surface area (Å²) in [7, 11) is 0. The van der Waals surface area contributed by atoms with Crippen LogP contribution in [0.15, 0.2) is 38.7 Å². The monoisotopic (exact) mass is 419 g/mol. The molecule has 2 aromatic heterocycles. The van der Waals surface area contributed by atoms with Crippen LogP contribution in [0.3, 0.4) is 0 Å². The normalized spacial score (nSPS) is 10.0. The average Bonchev–Trinajstić information content (AvgIpc) is 2.86. The highest BCUT2D eigenvalue weighted by Crippen LogP contribution is 2.23. The third-order valence-electron chi connectivity index (χ3n) is 2.01. The van der Waals surface area contributed by atoms with Gasteiger partial charge in [-0.1, -0.05) is 6.07 Å². The van der Waals surface area contributed by atoms with Crippen molar-refractivity contribution in [3.8, 4) is 0 Å². The number of pyridine rings is 1. The van der Waals surface area contributed by atoms with E-state index in [1.165, 1.54) is 11.3 Å². The maximum atomic E-state index is 11.8. The number of nitrogens with one attached hydrogen (secondary N) is 2. The number of thiocarbonyl (C=S) groups is 1. The first-order valence-corrected chi connectivity index (χ1v) is 7.90. The van der Waals surface area contributed by atoms with Gasteiger partial charge in [-0.15, -0.1) is 11.3 Å². The number of halogens is 2. The molecule has 0 aliphatic heterocycles. The second-order valence-corrected chi connectivity index (χ2v) is 6.50. The summed E-state index contributed by atoms with van der Waals surface area (Å²) < 4.78 is 1.59. The molecule has 2 N–H and O–H groups in total. The molecule has 0 aliphatic carbocycles. The highest BCUT2D eigenvalue weighted by Gasteiger charge is 2.10. The number of anilines is 1. The van der Waals surface area contributed by atoms with Crippen molar-refractivity contribution in [2.45, 2.75) is 0 Å². The van der Waals surface area contributed by atoms with Gasteiger partial charge in [0.25, 0.3) is 5.91 Å². The van der Waals surface area contributed by atoms with E-state index in [-0.39, 0.29) is 11.0 Å². The highest BCUT2D eigenvalue weighted by molar-refractivity contribution is 9.11. The van der Waals surface area contributed by atoms with Gasteiger partial charge in [-0.05, 0) is 61.6 Å². The number of aromatic nitrogens is 1. The Morgan fingerprint density at radius 3 is 2.84 bits per heavy atom. The average molecular weight is 421 g/mol. The molecule has 1 amide bonds. The Kier molecular flexibility index (Phi) is 5.03. The van der Waals surface area contributed by atoms with Crippen LogP contribution in [-0.4, -0.2) is 16.0 Å². The first-order chi connectivity index (χ1) is 9.06. The van der Waals surface area contributed by atoms with Crippen LogP contribution < -0.4 is 10.6 Å². The Morgan fingerprint density at radius 2 is 2.21 bits per heavy atom. The van der Waals surface area contributed by atoms with E-state index in [1.807, 2.05) is 17.5 Å². The number of nitrogens with zero attached hydrogens (tertiary/aromatic N) is 1. The lowest BCUT2D eigenvalue weighted by Gasteiger charge is -2.09. The van der Waals surface area contributed by atoms with Crippen molar-refractivity contribution in [3.63, 3.8) is 0 Å². The number of rotatable bonds is 2. The summed E-state index contributed by atoms with van der Waals surface area (Å²) in [6.07, 6.45) is 1.64. The molecule has 0 radical (unpaired) electrons. The maximum Gasteiger partial charge on any atom is 0.267 e. The molecule has 0 saturated carbocycles. The van der Waals surface area contributed by atoms with Crippen LogP contribution in [0.1, 0.15) is 9.67 Å². The van der Waals surface area contributed by atoms with E-state index in [1.54, 1.807) is 12.3 Å². The van der Waals surface area contributed by atoms with E-state index < -0.39 is 0 Å². The zero-order chi connectivity index (χ0) is 13.8. The SMILES string of the molecule is O=C(NC(=S)Nc1ncc(Br)cc1Br)c1cccs1. The van der Waals surface area contributed by atoms with Gasteiger partial charge in [0.2, 0.25) is 0 Å². The fourth-order valence-corrected chi connectivity index (χ4v) is 3.11. The summed E-state index contributed by atoms with van der Waals surface area (Å²) in [6.45, 7) is 0. The minimum Gasteiger partial charge on any atom is -0.316 e. The van der Waals surface area contributed by atoms with E-state index in [0.717, 1.165) is 8.95 Å². The van der Waals surface area contributed by atoms with Crippen molar-refractivity contribution in [3.05, 3.63) is 43.6 Å². The lowest BCUT2D eigenvalue weighted by molar-refractivity contribution is 0.0981. The predicted molar refractivity (Wildman–Crippen MR) is 87.6 cm³/mol. The summed E-state index contributed by atoms with van der Waals surface area (Å²) in [4.78, 5) is 16.5. The zero-order valence-corrected chi connectivity index (χ0v) is 14.1. The fraction of sp³-hybridized carbons (Fsp3) is 0. The Labute approximate surface area is 135 Å². The van der Waals surface area contributed by atoms with Crippen LogP contribution in [0.4, 0.5) is 5.82 Å². The van der Waals surface area contributed by atoms with Gasteiger partial charge in [0, 0.05) is 10.7 Å². The largest absolute Gasteiger partial charge is 0.316 e. The molecule has 2 heterocycles. The third-order valence-corrected chi connectivity index (χ3v) is 4.12. The van der Waals surface area contributed by atoms with Crippen molar-refractivity contribution in [1.82, 2.24) is 10.3 Å². The molecule has 0 atom stereocenters. The first kappa shape index (κ1) is 14.6. The number of hydrogen-bond acceptors (Lipinski definition) is 4. The molecule has 8 heteroatoms. The van der Waals surface area contributed by atoms with E-state index in [0.29, 0.717) is 10.7 Å². The molecule has 0 unspecified atom stereocenters. The number of carbonyl (C=O) groups is 1. The van der Waals surface area contributed by atoms with Gasteiger partial charge in [0.1, 0.15) is 5.82 Å². The molecular formula is C11H7Br2N3OS2. The molecule has 0 spiro atoms. The van der Waals surface area contributed by atoms with Crippen molar-refractivity contribution >= 4 is 72.3 Å². The molecule has 0 fully saturated rings. The Bertz CT molecular complexity index is 616. The fourth-order valence-electron chi connectivity index (χ4n) is 1.22. The lowest BCUT2D eigenvalue weighted by Crippen LogP contribution is -2.34. The van der Waals surface area contributed by atoms with Gasteiger partial charge in [-0.25, -0.2) is 4.98 Å². The first-order valence-electron chi connectivity index (χ1n) is 5.03. The predicted octanol–water partition coefficient (Wildman–Crippen LogP) is 3.79. The summed E-state index contributed by atoms with van der Waals surface area (Å²) >= 11 is 13.1. The van der Waals surface area contributed by atoms with Crippen LogP contribution in [0.25, 0.3) is 0 Å². The van der Waals surface area contributed by atoms with Gasteiger partial charge < -0.3 is 5.32 Å². The Hall–Kier alpha value is -0.830. The second-order valence-electron chi connectivity index (χ2n) is 3.37. The molecule has 0 bridgehead atoms. The number of thiophene rings is 1. The van der Waals surface area contributed by atoms with Crippen LogP contribution >= 0.6 is 55.4 Å². The number of amides is 1. The lowest BCUT2D eigenvalue weighted by atomic mass is 10.4. The van der Waals surface area contributed by atoms with Crippen molar-refractivity contribution < 1.29 is 4.79 Å². The van der Waals surface area contributed by atoms with Gasteiger partial charge in [0.15, 0.2) is 5.11 Å². The van der Waals surface area contributed by atoms with Gasteiger partial charge >= 0.3 is 0 Å². The molecule has 4 nitrogen and oxygen atoms in total. The minimum absolute atomic E-state index is 0.203. The van der Waals surface area contributed by atoms with Crippen molar-refractivity contribution in [2.24, 2.45) is 0 Å². The molecule has 0 aromatic carbocycles. The van der Waals surface area contributed by atoms with E-state index in [9.17, 15) is 4.79 Å². The van der Waals surface area contributed by atoms with Gasteiger partial charge in [0.05, 0.1) is 9.35 Å². The summed E-state index contributed by atoms with van der Waals surface area (Å²) in [5.41, 5.74) is 0. The molecular weight excluding hydrogens is 414 g/mol. The van der Waals surface area contributed by atoms with Gasteiger partial charge in [-0.2, -0.15) is 0 Å². The third kappa shape index (κ3) is 4.07. The van der Waals surface area contributed by atoms with E-state index in [4.69, 9.17) is 12.2 Å². The number of carbonyl (C=O) groups excluding carboxylic acids is 1. The van der Waals surface area contributed by atoms with Crippen molar-refractivity contribution in [1.29, 1.82) is 0 Å². The van der Waals surface area contributed by atoms with Crippen molar-refractivity contribution in [2.75, 3.05) is 5.32 Å². The summed E-state index contributed by atoms with van der Waals surface area (Å²) in [6, 6.07) is 5.37. The maximum absolute atomic E-state index is 11.8. The molecule has 98 valence electrons. The Balaban J connectivity index is 2.00. The standard InChI is InChI=1S/C11H7Br2N3OS2/c12-6-4-7(13)9(14-5-6)15-11(18)16-10(17)8-2-1-3-19-8/h1-5H,(H2,14,15,16,17,18). The topological polar surface area (TPSA) is 54.0 Å². The van der Waals surface area contributed by atoms with Crippen LogP contribution in [-0.2, 0) is 0 Å². The van der Waals surface area contributed by atoms with E-state index in [2.05, 4.69) is 47.5 Å². The number of hydrogen-bond donors (Lipinski definition) is 2. The highest BCUT2D eigenvalue weighted by atomic mass is 79.9. The van der Waals surface area contributed by atoms with Crippen LogP contribution in [0.2, 0.25) is 0 Å². The van der Waals surface area contributed by atoms with E-state index >= 15 is 0 Å². The Morgan fingerprint density at radius 1 is 1.42 bits per heavy atom. The quantitative estimate of drug-likeness (QED) is 0.725. The van der Waals surface area contributed by atoms with Gasteiger partial charge in [-0.3, -0.25) is 10.1 Å². The van der Waals surface area contributed by atoms with Crippen LogP contribution in [0, 0.1) is 0 Å². The van der Waals surface area contributed by atoms with Crippen LogP contribution in [0.5, 0.6) is 0 Å². The smallest absolute Gasteiger partial charge is 0.267 e. The molecule has 0 saturated heterocycles. The second kappa shape index (κ2) is 6.56. The minimum atomic E-state index is -0.235. The molecule has 2 aromatic rings. The molecule has 0 aliphatic rings. The zero-order valence-electron chi connectivity index (χ0n) is 9.31. The molecule has 2 rings (SSSR count). The molecule has 19 heavy (non-hydrogen) atoms. The summed E-state index contributed by atoms with van der Waals surface area (Å²) in [5, 5.41) is 7.48. The summed E-state index contributed by atoms with van der Waals surface area (Å²) in [5.74, 6) is 0.306.